The van der Waals surface area contributed by atoms with Gasteiger partial charge in [0.25, 0.3) is 0 Å². The zero-order chi connectivity index (χ0) is 21.3. The number of benzene rings is 1. The van der Waals surface area contributed by atoms with Gasteiger partial charge in [-0.1, -0.05) is 23.2 Å². The molecule has 3 heterocycles. The third kappa shape index (κ3) is 4.88. The molecular formula is C19H18Cl2N2O4S2. The van der Waals surface area contributed by atoms with Crippen LogP contribution in [0.25, 0.3) is 10.9 Å². The van der Waals surface area contributed by atoms with E-state index in [1.165, 1.54) is 6.20 Å². The summed E-state index contributed by atoms with van der Waals surface area (Å²) < 4.78 is 25.5. The van der Waals surface area contributed by atoms with Crippen LogP contribution >= 0.6 is 35.8 Å². The number of carboxylic acids is 1. The summed E-state index contributed by atoms with van der Waals surface area (Å²) in [5, 5.41) is 10.7. The SMILES string of the molecule is CS(=O)(=O)c1nccc2c1cc1n2CCC1CC(=O)O.Sc1ccc(Cl)c(Cl)c1. The lowest BCUT2D eigenvalue weighted by atomic mass is 10.0. The van der Waals surface area contributed by atoms with E-state index in [0.29, 0.717) is 22.0 Å². The highest BCUT2D eigenvalue weighted by molar-refractivity contribution is 7.90. The molecular weight excluding hydrogens is 455 g/mol. The molecule has 1 unspecified atom stereocenters. The fourth-order valence-corrected chi connectivity index (χ4v) is 4.79. The molecule has 1 atom stereocenters. The van der Waals surface area contributed by atoms with Crippen molar-refractivity contribution in [1.29, 1.82) is 0 Å². The minimum atomic E-state index is -3.40. The molecule has 6 nitrogen and oxygen atoms in total. The van der Waals surface area contributed by atoms with Gasteiger partial charge < -0.3 is 9.67 Å². The topological polar surface area (TPSA) is 89.3 Å². The molecule has 3 aromatic rings. The van der Waals surface area contributed by atoms with Gasteiger partial charge in [-0.05, 0) is 36.8 Å². The molecule has 0 radical (unpaired) electrons. The van der Waals surface area contributed by atoms with Crippen LogP contribution in [0.2, 0.25) is 10.0 Å². The second-order valence-electron chi connectivity index (χ2n) is 6.72. The Morgan fingerprint density at radius 3 is 2.59 bits per heavy atom. The number of nitrogens with zero attached hydrogens (tertiary/aromatic N) is 2. The third-order valence-corrected chi connectivity index (χ3v) is 6.67. The maximum atomic E-state index is 11.8. The number of rotatable bonds is 3. The number of sulfone groups is 1. The number of carbonyl (C=O) groups is 1. The fraction of sp³-hybridized carbons (Fsp3) is 0.263. The minimum absolute atomic E-state index is 0.0611. The van der Waals surface area contributed by atoms with Crippen molar-refractivity contribution >= 4 is 62.5 Å². The molecule has 1 N–H and O–H groups in total. The zero-order valence-electron chi connectivity index (χ0n) is 15.3. The summed E-state index contributed by atoms with van der Waals surface area (Å²) in [4.78, 5) is 15.7. The summed E-state index contributed by atoms with van der Waals surface area (Å²) in [6.45, 7) is 0.712. The van der Waals surface area contributed by atoms with Gasteiger partial charge in [-0.3, -0.25) is 4.79 Å². The van der Waals surface area contributed by atoms with E-state index in [9.17, 15) is 13.2 Å². The Bertz CT molecular complexity index is 1190. The van der Waals surface area contributed by atoms with Gasteiger partial charge in [0, 0.05) is 40.9 Å². The first kappa shape index (κ1) is 22.0. The second-order valence-corrected chi connectivity index (χ2v) is 9.99. The van der Waals surface area contributed by atoms with E-state index in [2.05, 4.69) is 17.6 Å². The lowest BCUT2D eigenvalue weighted by Gasteiger charge is -2.04. The predicted octanol–water partition coefficient (Wildman–Crippen LogP) is 4.68. The summed E-state index contributed by atoms with van der Waals surface area (Å²) >= 11 is 15.3. The molecule has 1 aromatic carbocycles. The van der Waals surface area contributed by atoms with Crippen molar-refractivity contribution in [2.24, 2.45) is 0 Å². The lowest BCUT2D eigenvalue weighted by Crippen LogP contribution is -2.03. The maximum absolute atomic E-state index is 11.8. The summed E-state index contributed by atoms with van der Waals surface area (Å²) in [6, 6.07) is 8.76. The maximum Gasteiger partial charge on any atom is 0.304 e. The molecule has 4 rings (SSSR count). The smallest absolute Gasteiger partial charge is 0.304 e. The average molecular weight is 473 g/mol. The number of carboxylic acid groups (broad SMARTS) is 1. The molecule has 10 heteroatoms. The summed E-state index contributed by atoms with van der Waals surface area (Å²) in [6.07, 6.45) is 3.45. The number of halogens is 2. The monoisotopic (exact) mass is 472 g/mol. The molecule has 154 valence electrons. The Labute approximate surface area is 183 Å². The van der Waals surface area contributed by atoms with Crippen LogP contribution in [0.3, 0.4) is 0 Å². The van der Waals surface area contributed by atoms with Gasteiger partial charge in [-0.15, -0.1) is 12.6 Å². The Morgan fingerprint density at radius 2 is 2.00 bits per heavy atom. The van der Waals surface area contributed by atoms with Crippen LogP contribution < -0.4 is 0 Å². The van der Waals surface area contributed by atoms with E-state index in [1.807, 2.05) is 4.57 Å². The van der Waals surface area contributed by atoms with Crippen LogP contribution in [-0.2, 0) is 21.2 Å². The Balaban J connectivity index is 0.000000224. The number of fused-ring (bicyclic) bond motifs is 3. The number of aryl methyl sites for hydroxylation is 1. The van der Waals surface area contributed by atoms with E-state index >= 15 is 0 Å². The first-order valence-electron chi connectivity index (χ1n) is 8.62. The standard InChI is InChI=1S/C13H14N2O4S.C6H4Cl2S/c1-20(18,19)13-9-7-11-8(6-12(16)17)3-5-15(11)10(9)2-4-14-13;7-5-2-1-4(9)3-6(5)8/h2,4,7-8H,3,5-6H2,1H3,(H,16,17);1-3,9H. The predicted molar refractivity (Wildman–Crippen MR) is 116 cm³/mol. The van der Waals surface area contributed by atoms with Gasteiger partial charge in [0.2, 0.25) is 0 Å². The van der Waals surface area contributed by atoms with E-state index in [0.717, 1.165) is 28.8 Å². The Morgan fingerprint density at radius 1 is 1.28 bits per heavy atom. The number of hydrogen-bond donors (Lipinski definition) is 2. The highest BCUT2D eigenvalue weighted by atomic mass is 35.5. The third-order valence-electron chi connectivity index (χ3n) is 4.62. The van der Waals surface area contributed by atoms with Crippen molar-refractivity contribution in [2.75, 3.05) is 6.26 Å². The van der Waals surface area contributed by atoms with Crippen molar-refractivity contribution < 1.29 is 18.3 Å². The van der Waals surface area contributed by atoms with Crippen molar-refractivity contribution in [3.63, 3.8) is 0 Å². The largest absolute Gasteiger partial charge is 0.481 e. The molecule has 0 saturated heterocycles. The van der Waals surface area contributed by atoms with Crippen LogP contribution in [0.15, 0.2) is 46.5 Å². The average Bonchev–Trinajstić information content (AvgIpc) is 3.17. The quantitative estimate of drug-likeness (QED) is 0.539. The van der Waals surface area contributed by atoms with Gasteiger partial charge in [0.15, 0.2) is 14.9 Å². The lowest BCUT2D eigenvalue weighted by molar-refractivity contribution is -0.137. The highest BCUT2D eigenvalue weighted by Crippen LogP contribution is 2.37. The molecule has 0 fully saturated rings. The summed E-state index contributed by atoms with van der Waals surface area (Å²) in [7, 11) is -3.40. The minimum Gasteiger partial charge on any atom is -0.481 e. The van der Waals surface area contributed by atoms with Crippen LogP contribution in [-0.4, -0.2) is 35.3 Å². The van der Waals surface area contributed by atoms with E-state index < -0.39 is 15.8 Å². The summed E-state index contributed by atoms with van der Waals surface area (Å²) in [5.41, 5.74) is 1.70. The van der Waals surface area contributed by atoms with E-state index in [-0.39, 0.29) is 17.4 Å². The van der Waals surface area contributed by atoms with Crippen molar-refractivity contribution in [3.8, 4) is 0 Å². The number of thiol groups is 1. The molecule has 0 bridgehead atoms. The molecule has 1 aliphatic heterocycles. The van der Waals surface area contributed by atoms with Gasteiger partial charge in [-0.25, -0.2) is 13.4 Å². The van der Waals surface area contributed by atoms with Gasteiger partial charge >= 0.3 is 5.97 Å². The number of pyridine rings is 1. The van der Waals surface area contributed by atoms with Gasteiger partial charge in [0.1, 0.15) is 0 Å². The molecule has 0 amide bonds. The second kappa shape index (κ2) is 8.55. The van der Waals surface area contributed by atoms with Crippen molar-refractivity contribution in [3.05, 3.63) is 52.3 Å². The number of aliphatic carboxylic acids is 1. The van der Waals surface area contributed by atoms with Crippen molar-refractivity contribution in [2.45, 2.75) is 35.2 Å². The van der Waals surface area contributed by atoms with Crippen LogP contribution in [0.1, 0.15) is 24.5 Å². The van der Waals surface area contributed by atoms with Gasteiger partial charge in [0.05, 0.1) is 22.0 Å². The first-order chi connectivity index (χ1) is 13.6. The molecule has 29 heavy (non-hydrogen) atoms. The number of aromatic nitrogens is 2. The molecule has 0 saturated carbocycles. The Kier molecular flexibility index (Phi) is 6.48. The van der Waals surface area contributed by atoms with Crippen LogP contribution in [0, 0.1) is 0 Å². The van der Waals surface area contributed by atoms with Crippen LogP contribution in [0.4, 0.5) is 0 Å². The van der Waals surface area contributed by atoms with Crippen molar-refractivity contribution in [1.82, 2.24) is 9.55 Å². The zero-order valence-corrected chi connectivity index (χ0v) is 18.6. The highest BCUT2D eigenvalue weighted by Gasteiger charge is 2.28. The molecule has 0 spiro atoms. The summed E-state index contributed by atoms with van der Waals surface area (Å²) in [5.74, 6) is -0.900. The van der Waals surface area contributed by atoms with E-state index in [4.69, 9.17) is 28.3 Å². The first-order valence-corrected chi connectivity index (χ1v) is 11.7. The molecule has 2 aromatic heterocycles. The normalized spacial score (nSPS) is 15.7. The van der Waals surface area contributed by atoms with E-state index in [1.54, 1.807) is 30.3 Å². The number of hydrogen-bond acceptors (Lipinski definition) is 5. The fourth-order valence-electron chi connectivity index (χ4n) is 3.40. The van der Waals surface area contributed by atoms with Gasteiger partial charge in [-0.2, -0.15) is 0 Å². The molecule has 0 aliphatic carbocycles. The molecule has 1 aliphatic rings. The van der Waals surface area contributed by atoms with Crippen LogP contribution in [0.5, 0.6) is 0 Å². The Hall–Kier alpha value is -1.74.